The lowest BCUT2D eigenvalue weighted by Gasteiger charge is -2.14. The first-order chi connectivity index (χ1) is 6.27. The van der Waals surface area contributed by atoms with E-state index in [4.69, 9.17) is 0 Å². The molecule has 0 amide bonds. The van der Waals surface area contributed by atoms with Gasteiger partial charge in [-0.3, -0.25) is 0 Å². The van der Waals surface area contributed by atoms with E-state index < -0.39 is 0 Å². The summed E-state index contributed by atoms with van der Waals surface area (Å²) in [5, 5.41) is 3.54. The summed E-state index contributed by atoms with van der Waals surface area (Å²) in [6.45, 7) is 5.44. The van der Waals surface area contributed by atoms with Crippen LogP contribution in [0.25, 0.3) is 0 Å². The molecule has 2 heteroatoms. The lowest BCUT2D eigenvalue weighted by atomic mass is 10.2. The number of hydrogen-bond donors (Lipinski definition) is 1. The van der Waals surface area contributed by atoms with Gasteiger partial charge in [-0.1, -0.05) is 13.8 Å². The van der Waals surface area contributed by atoms with Crippen LogP contribution in [0.2, 0.25) is 0 Å². The van der Waals surface area contributed by atoms with Crippen LogP contribution in [-0.2, 0) is 13.6 Å². The predicted molar refractivity (Wildman–Crippen MR) is 56.6 cm³/mol. The minimum Gasteiger partial charge on any atom is -0.353 e. The second-order valence-corrected chi connectivity index (χ2v) is 3.50. The Morgan fingerprint density at radius 3 is 2.54 bits per heavy atom. The Morgan fingerprint density at radius 1 is 1.38 bits per heavy atom. The highest BCUT2D eigenvalue weighted by Crippen LogP contribution is 2.02. The molecule has 74 valence electrons. The third-order valence-electron chi connectivity index (χ3n) is 2.61. The van der Waals surface area contributed by atoms with Gasteiger partial charge in [0.25, 0.3) is 0 Å². The van der Waals surface area contributed by atoms with Crippen molar-refractivity contribution in [3.05, 3.63) is 24.0 Å². The molecule has 0 fully saturated rings. The van der Waals surface area contributed by atoms with Crippen molar-refractivity contribution in [1.29, 1.82) is 0 Å². The molecule has 0 radical (unpaired) electrons. The Morgan fingerprint density at radius 2 is 2.08 bits per heavy atom. The van der Waals surface area contributed by atoms with Gasteiger partial charge < -0.3 is 9.88 Å². The van der Waals surface area contributed by atoms with Crippen LogP contribution < -0.4 is 5.32 Å². The standard InChI is InChI=1S/C11H20N2/c1-4-10(5-2)12-9-11-7-6-8-13(11)3/h6-8,10,12H,4-5,9H2,1-3H3. The second kappa shape index (κ2) is 5.07. The van der Waals surface area contributed by atoms with Crippen LogP contribution in [0.15, 0.2) is 18.3 Å². The zero-order valence-corrected chi connectivity index (χ0v) is 8.88. The first-order valence-corrected chi connectivity index (χ1v) is 5.11. The van der Waals surface area contributed by atoms with E-state index in [1.165, 1.54) is 18.5 Å². The van der Waals surface area contributed by atoms with Gasteiger partial charge in [0.05, 0.1) is 0 Å². The molecule has 0 unspecified atom stereocenters. The molecule has 0 saturated heterocycles. The summed E-state index contributed by atoms with van der Waals surface area (Å²) >= 11 is 0. The molecular weight excluding hydrogens is 160 g/mol. The molecule has 1 heterocycles. The number of hydrogen-bond acceptors (Lipinski definition) is 1. The van der Waals surface area contributed by atoms with Crippen molar-refractivity contribution < 1.29 is 0 Å². The first kappa shape index (κ1) is 10.3. The molecule has 1 rings (SSSR count). The SMILES string of the molecule is CCC(CC)NCc1cccn1C. The van der Waals surface area contributed by atoms with E-state index in [-0.39, 0.29) is 0 Å². The fraction of sp³-hybridized carbons (Fsp3) is 0.636. The van der Waals surface area contributed by atoms with Crippen LogP contribution in [0.4, 0.5) is 0 Å². The lowest BCUT2D eigenvalue weighted by Crippen LogP contribution is -2.27. The summed E-state index contributed by atoms with van der Waals surface area (Å²) < 4.78 is 2.16. The van der Waals surface area contributed by atoms with Gasteiger partial charge >= 0.3 is 0 Å². The third-order valence-corrected chi connectivity index (χ3v) is 2.61. The van der Waals surface area contributed by atoms with Gasteiger partial charge in [0.15, 0.2) is 0 Å². The molecule has 1 aromatic rings. The predicted octanol–water partition coefficient (Wildman–Crippen LogP) is 2.30. The van der Waals surface area contributed by atoms with E-state index in [9.17, 15) is 0 Å². The van der Waals surface area contributed by atoms with Gasteiger partial charge in [-0.15, -0.1) is 0 Å². The summed E-state index contributed by atoms with van der Waals surface area (Å²) in [7, 11) is 2.09. The van der Waals surface area contributed by atoms with Gasteiger partial charge in [-0.05, 0) is 25.0 Å². The van der Waals surface area contributed by atoms with Crippen molar-refractivity contribution in [2.75, 3.05) is 0 Å². The zero-order valence-electron chi connectivity index (χ0n) is 8.88. The number of nitrogens with one attached hydrogen (secondary N) is 1. The van der Waals surface area contributed by atoms with Crippen molar-refractivity contribution in [1.82, 2.24) is 9.88 Å². The van der Waals surface area contributed by atoms with E-state index in [0.717, 1.165) is 6.54 Å². The number of rotatable bonds is 5. The average Bonchev–Trinajstić information content (AvgIpc) is 2.54. The van der Waals surface area contributed by atoms with Crippen molar-refractivity contribution >= 4 is 0 Å². The second-order valence-electron chi connectivity index (χ2n) is 3.50. The maximum Gasteiger partial charge on any atom is 0.0361 e. The Bertz CT molecular complexity index is 236. The van der Waals surface area contributed by atoms with Gasteiger partial charge in [-0.25, -0.2) is 0 Å². The molecule has 2 nitrogen and oxygen atoms in total. The van der Waals surface area contributed by atoms with Crippen LogP contribution in [0.3, 0.4) is 0 Å². The molecule has 0 saturated carbocycles. The molecule has 13 heavy (non-hydrogen) atoms. The average molecular weight is 180 g/mol. The summed E-state index contributed by atoms with van der Waals surface area (Å²) in [6, 6.07) is 4.91. The largest absolute Gasteiger partial charge is 0.353 e. The smallest absolute Gasteiger partial charge is 0.0361 e. The minimum atomic E-state index is 0.662. The summed E-state index contributed by atoms with van der Waals surface area (Å²) in [5.74, 6) is 0. The molecule has 1 N–H and O–H groups in total. The van der Waals surface area contributed by atoms with Gasteiger partial charge in [0.2, 0.25) is 0 Å². The van der Waals surface area contributed by atoms with Gasteiger partial charge in [-0.2, -0.15) is 0 Å². The maximum atomic E-state index is 3.54. The highest BCUT2D eigenvalue weighted by atomic mass is 15.0. The lowest BCUT2D eigenvalue weighted by molar-refractivity contribution is 0.476. The zero-order chi connectivity index (χ0) is 9.68. The fourth-order valence-corrected chi connectivity index (χ4v) is 1.51. The van der Waals surface area contributed by atoms with Crippen molar-refractivity contribution in [3.8, 4) is 0 Å². The monoisotopic (exact) mass is 180 g/mol. The van der Waals surface area contributed by atoms with E-state index in [1.54, 1.807) is 0 Å². The highest BCUT2D eigenvalue weighted by molar-refractivity contribution is 5.06. The molecule has 1 aromatic heterocycles. The Kier molecular flexibility index (Phi) is 4.03. The molecule has 0 spiro atoms. The fourth-order valence-electron chi connectivity index (χ4n) is 1.51. The molecule has 0 aliphatic carbocycles. The highest BCUT2D eigenvalue weighted by Gasteiger charge is 2.02. The van der Waals surface area contributed by atoms with Crippen molar-refractivity contribution in [2.45, 2.75) is 39.3 Å². The van der Waals surface area contributed by atoms with Crippen LogP contribution in [0, 0.1) is 0 Å². The van der Waals surface area contributed by atoms with Crippen LogP contribution >= 0.6 is 0 Å². The number of nitrogens with zero attached hydrogens (tertiary/aromatic N) is 1. The van der Waals surface area contributed by atoms with Crippen molar-refractivity contribution in [3.63, 3.8) is 0 Å². The van der Waals surface area contributed by atoms with E-state index in [0.29, 0.717) is 6.04 Å². The Hall–Kier alpha value is -0.760. The Labute approximate surface area is 81.0 Å². The quantitative estimate of drug-likeness (QED) is 0.735. The first-order valence-electron chi connectivity index (χ1n) is 5.11. The van der Waals surface area contributed by atoms with Gasteiger partial charge in [0.1, 0.15) is 0 Å². The number of aromatic nitrogens is 1. The van der Waals surface area contributed by atoms with Crippen LogP contribution in [0.5, 0.6) is 0 Å². The topological polar surface area (TPSA) is 17.0 Å². The van der Waals surface area contributed by atoms with E-state index in [2.05, 4.69) is 49.1 Å². The molecule has 0 bridgehead atoms. The molecule has 0 aliphatic rings. The molecular formula is C11H20N2. The summed E-state index contributed by atoms with van der Waals surface area (Å²) in [5.41, 5.74) is 1.35. The molecule has 0 aromatic carbocycles. The van der Waals surface area contributed by atoms with E-state index >= 15 is 0 Å². The van der Waals surface area contributed by atoms with E-state index in [1.807, 2.05) is 0 Å². The Balaban J connectivity index is 2.38. The summed E-state index contributed by atoms with van der Waals surface area (Å²) in [4.78, 5) is 0. The minimum absolute atomic E-state index is 0.662. The summed E-state index contributed by atoms with van der Waals surface area (Å²) in [6.07, 6.45) is 4.51. The number of aryl methyl sites for hydroxylation is 1. The van der Waals surface area contributed by atoms with Gasteiger partial charge in [0, 0.05) is 31.5 Å². The molecule has 0 aliphatic heterocycles. The molecule has 0 atom stereocenters. The van der Waals surface area contributed by atoms with Crippen LogP contribution in [0.1, 0.15) is 32.4 Å². The third kappa shape index (κ3) is 2.88. The normalized spacial score (nSPS) is 11.1. The van der Waals surface area contributed by atoms with Crippen molar-refractivity contribution in [2.24, 2.45) is 7.05 Å². The van der Waals surface area contributed by atoms with Crippen LogP contribution in [-0.4, -0.2) is 10.6 Å². The maximum absolute atomic E-state index is 3.54.